The van der Waals surface area contributed by atoms with Gasteiger partial charge in [0.2, 0.25) is 0 Å². The first-order valence-electron chi connectivity index (χ1n) is 11.0. The lowest BCUT2D eigenvalue weighted by atomic mass is 10.1. The minimum Gasteiger partial charge on any atom is -0.307 e. The second kappa shape index (κ2) is 10.3. The van der Waals surface area contributed by atoms with Gasteiger partial charge in [-0.3, -0.25) is 14.4 Å². The number of hydrogen-bond acceptors (Lipinski definition) is 5. The molecule has 4 rings (SSSR count). The van der Waals surface area contributed by atoms with E-state index >= 15 is 0 Å². The van der Waals surface area contributed by atoms with Gasteiger partial charge in [-0.05, 0) is 31.0 Å². The number of carbonyl (C=O) groups excluding carboxylic acids is 1. The standard InChI is InChI=1S/C26H27N2O4P/c1-3-31-33(30,32-4-2)25(21-15-9-6-10-16-21)27-24-22-17-11-12-18-23(22)28(26(24)29)19-20-13-7-5-8-14-20/h5-18,25H,3-4,19H2,1-2H3/b27-24-. The largest absolute Gasteiger partial charge is 0.359 e. The van der Waals surface area contributed by atoms with E-state index in [2.05, 4.69) is 0 Å². The predicted octanol–water partition coefficient (Wildman–Crippen LogP) is 5.99. The molecule has 1 atom stereocenters. The molecule has 170 valence electrons. The first-order chi connectivity index (χ1) is 16.1. The van der Waals surface area contributed by atoms with Crippen molar-refractivity contribution in [3.05, 3.63) is 102 Å². The topological polar surface area (TPSA) is 68.2 Å². The molecule has 0 N–H and O–H groups in total. The van der Waals surface area contributed by atoms with E-state index in [1.54, 1.807) is 18.7 Å². The molecule has 0 bridgehead atoms. The Labute approximate surface area is 194 Å². The van der Waals surface area contributed by atoms with Crippen LogP contribution in [0.3, 0.4) is 0 Å². The minimum atomic E-state index is -3.69. The number of para-hydroxylation sites is 1. The summed E-state index contributed by atoms with van der Waals surface area (Å²) >= 11 is 0. The van der Waals surface area contributed by atoms with Crippen LogP contribution in [0.4, 0.5) is 5.69 Å². The molecular formula is C26H27N2O4P. The summed E-state index contributed by atoms with van der Waals surface area (Å²) in [4.78, 5) is 20.1. The van der Waals surface area contributed by atoms with Crippen LogP contribution in [0.1, 0.15) is 36.3 Å². The molecule has 0 aromatic heterocycles. The van der Waals surface area contributed by atoms with Crippen LogP contribution in [0.5, 0.6) is 0 Å². The van der Waals surface area contributed by atoms with E-state index in [4.69, 9.17) is 14.0 Å². The fourth-order valence-electron chi connectivity index (χ4n) is 3.92. The number of nitrogens with zero attached hydrogens (tertiary/aromatic N) is 2. The molecule has 33 heavy (non-hydrogen) atoms. The van der Waals surface area contributed by atoms with Gasteiger partial charge < -0.3 is 13.9 Å². The van der Waals surface area contributed by atoms with E-state index in [0.29, 0.717) is 17.7 Å². The van der Waals surface area contributed by atoms with Crippen molar-refractivity contribution in [2.24, 2.45) is 4.99 Å². The third-order valence-corrected chi connectivity index (χ3v) is 7.60. The highest BCUT2D eigenvalue weighted by Gasteiger charge is 2.40. The van der Waals surface area contributed by atoms with Crippen LogP contribution in [0, 0.1) is 0 Å². The number of fused-ring (bicyclic) bond motifs is 1. The molecule has 0 radical (unpaired) electrons. The molecular weight excluding hydrogens is 435 g/mol. The van der Waals surface area contributed by atoms with Crippen LogP contribution in [-0.2, 0) is 25.0 Å². The van der Waals surface area contributed by atoms with E-state index < -0.39 is 13.4 Å². The first kappa shape index (κ1) is 23.1. The Morgan fingerprint density at radius 3 is 2.06 bits per heavy atom. The van der Waals surface area contributed by atoms with Crippen LogP contribution in [0.25, 0.3) is 0 Å². The fourth-order valence-corrected chi connectivity index (χ4v) is 5.79. The number of carbonyl (C=O) groups is 1. The Morgan fingerprint density at radius 2 is 1.42 bits per heavy atom. The summed E-state index contributed by atoms with van der Waals surface area (Å²) in [6.07, 6.45) is 0. The average Bonchev–Trinajstić information content (AvgIpc) is 3.09. The Kier molecular flexibility index (Phi) is 7.19. The van der Waals surface area contributed by atoms with Gasteiger partial charge in [-0.15, -0.1) is 0 Å². The smallest absolute Gasteiger partial charge is 0.307 e. The van der Waals surface area contributed by atoms with Crippen molar-refractivity contribution in [3.63, 3.8) is 0 Å². The SMILES string of the molecule is CCOP(=O)(OCC)C(/N=C1\C(=O)N(Cc2ccccc2)c2ccccc21)c1ccccc1. The van der Waals surface area contributed by atoms with E-state index in [9.17, 15) is 9.36 Å². The average molecular weight is 462 g/mol. The van der Waals surface area contributed by atoms with Crippen molar-refractivity contribution in [2.45, 2.75) is 26.2 Å². The molecule has 6 nitrogen and oxygen atoms in total. The summed E-state index contributed by atoms with van der Waals surface area (Å²) in [6.45, 7) is 4.35. The van der Waals surface area contributed by atoms with Gasteiger partial charge in [-0.2, -0.15) is 0 Å². The Morgan fingerprint density at radius 1 is 0.848 bits per heavy atom. The fraction of sp³-hybridized carbons (Fsp3) is 0.231. The van der Waals surface area contributed by atoms with Gasteiger partial charge >= 0.3 is 7.60 Å². The van der Waals surface area contributed by atoms with Crippen LogP contribution < -0.4 is 4.90 Å². The Hall–Kier alpha value is -3.05. The molecule has 0 fully saturated rings. The third kappa shape index (κ3) is 4.83. The first-order valence-corrected chi connectivity index (χ1v) is 12.6. The van der Waals surface area contributed by atoms with Gasteiger partial charge in [0.25, 0.3) is 5.91 Å². The number of benzene rings is 3. The molecule has 0 spiro atoms. The van der Waals surface area contributed by atoms with Gasteiger partial charge in [0, 0.05) is 5.56 Å². The second-order valence-electron chi connectivity index (χ2n) is 7.53. The zero-order valence-electron chi connectivity index (χ0n) is 18.8. The highest BCUT2D eigenvalue weighted by atomic mass is 31.2. The molecule has 0 saturated carbocycles. The number of hydrogen-bond donors (Lipinski definition) is 0. The molecule has 1 heterocycles. The van der Waals surface area contributed by atoms with Gasteiger partial charge in [-0.25, -0.2) is 0 Å². The molecule has 0 saturated heterocycles. The second-order valence-corrected chi connectivity index (χ2v) is 9.62. The van der Waals surface area contributed by atoms with E-state index in [-0.39, 0.29) is 24.8 Å². The minimum absolute atomic E-state index is 0.204. The lowest BCUT2D eigenvalue weighted by molar-refractivity contribution is -0.112. The quantitative estimate of drug-likeness (QED) is 0.367. The number of aliphatic imine (C=N–C) groups is 1. The van der Waals surface area contributed by atoms with Gasteiger partial charge in [0.15, 0.2) is 5.78 Å². The van der Waals surface area contributed by atoms with Gasteiger partial charge in [-0.1, -0.05) is 78.9 Å². The molecule has 1 aliphatic heterocycles. The zero-order valence-corrected chi connectivity index (χ0v) is 19.7. The molecule has 3 aromatic rings. The zero-order chi connectivity index (χ0) is 23.3. The number of amides is 1. The maximum absolute atomic E-state index is 13.8. The normalized spacial score (nSPS) is 15.6. The molecule has 1 amide bonds. The van der Waals surface area contributed by atoms with Gasteiger partial charge in [0.1, 0.15) is 5.71 Å². The van der Waals surface area contributed by atoms with Crippen molar-refractivity contribution in [1.29, 1.82) is 0 Å². The summed E-state index contributed by atoms with van der Waals surface area (Å²) in [6, 6.07) is 26.6. The van der Waals surface area contributed by atoms with E-state index in [1.165, 1.54) is 0 Å². The van der Waals surface area contributed by atoms with Crippen LogP contribution in [0.2, 0.25) is 0 Å². The van der Waals surface area contributed by atoms with Crippen LogP contribution >= 0.6 is 7.60 Å². The summed E-state index contributed by atoms with van der Waals surface area (Å²) in [7, 11) is -3.69. The summed E-state index contributed by atoms with van der Waals surface area (Å²) in [5.41, 5.74) is 3.42. The summed E-state index contributed by atoms with van der Waals surface area (Å²) < 4.78 is 25.1. The lowest BCUT2D eigenvalue weighted by Crippen LogP contribution is -2.30. The highest BCUT2D eigenvalue weighted by Crippen LogP contribution is 2.62. The Balaban J connectivity index is 1.81. The number of anilines is 1. The maximum atomic E-state index is 13.8. The maximum Gasteiger partial charge on any atom is 0.359 e. The predicted molar refractivity (Wildman–Crippen MR) is 131 cm³/mol. The molecule has 3 aromatic carbocycles. The van der Waals surface area contributed by atoms with E-state index in [0.717, 1.165) is 11.3 Å². The van der Waals surface area contributed by atoms with Crippen molar-refractivity contribution in [2.75, 3.05) is 18.1 Å². The Bertz CT molecular complexity index is 1170. The van der Waals surface area contributed by atoms with E-state index in [1.807, 2.05) is 84.9 Å². The summed E-state index contributed by atoms with van der Waals surface area (Å²) in [5.74, 6) is -1.19. The monoisotopic (exact) mass is 462 g/mol. The van der Waals surface area contributed by atoms with Gasteiger partial charge in [0.05, 0.1) is 25.4 Å². The summed E-state index contributed by atoms with van der Waals surface area (Å²) in [5, 5.41) is 0. The van der Waals surface area contributed by atoms with Crippen molar-refractivity contribution in [1.82, 2.24) is 0 Å². The lowest BCUT2D eigenvalue weighted by Gasteiger charge is -2.24. The van der Waals surface area contributed by atoms with Crippen molar-refractivity contribution in [3.8, 4) is 0 Å². The number of rotatable bonds is 9. The molecule has 1 aliphatic rings. The molecule has 1 unspecified atom stereocenters. The van der Waals surface area contributed by atoms with Crippen molar-refractivity contribution >= 4 is 24.9 Å². The van der Waals surface area contributed by atoms with Crippen LogP contribution in [0.15, 0.2) is 89.9 Å². The van der Waals surface area contributed by atoms with Crippen LogP contribution in [-0.4, -0.2) is 24.8 Å². The molecule has 7 heteroatoms. The highest BCUT2D eigenvalue weighted by molar-refractivity contribution is 7.54. The van der Waals surface area contributed by atoms with Crippen molar-refractivity contribution < 1.29 is 18.4 Å². The third-order valence-electron chi connectivity index (χ3n) is 5.35. The molecule has 0 aliphatic carbocycles.